The van der Waals surface area contributed by atoms with Gasteiger partial charge in [0.05, 0.1) is 31.8 Å². The zero-order valence-corrected chi connectivity index (χ0v) is 21.0. The van der Waals surface area contributed by atoms with E-state index in [9.17, 15) is 0 Å². The molecule has 3 aromatic rings. The summed E-state index contributed by atoms with van der Waals surface area (Å²) in [5.74, 6) is 3.13. The zero-order valence-electron chi connectivity index (χ0n) is 20.2. The molecule has 2 fully saturated rings. The molecule has 0 aliphatic carbocycles. The molecule has 2 aromatic heterocycles. The molecule has 0 unspecified atom stereocenters. The summed E-state index contributed by atoms with van der Waals surface area (Å²) < 4.78 is 11.2. The molecule has 8 heteroatoms. The summed E-state index contributed by atoms with van der Waals surface area (Å²) in [6.07, 6.45) is 1.03. The second-order valence-electron chi connectivity index (χ2n) is 9.62. The van der Waals surface area contributed by atoms with E-state index in [0.29, 0.717) is 0 Å². The predicted octanol–water partition coefficient (Wildman–Crippen LogP) is 3.40. The molecule has 180 valence electrons. The van der Waals surface area contributed by atoms with E-state index in [1.165, 1.54) is 27.0 Å². The molecule has 3 aliphatic heterocycles. The van der Waals surface area contributed by atoms with Crippen molar-refractivity contribution in [3.05, 3.63) is 45.6 Å². The second-order valence-corrected chi connectivity index (χ2v) is 10.8. The van der Waals surface area contributed by atoms with Crippen LogP contribution < -0.4 is 9.64 Å². The molecule has 5 heterocycles. The summed E-state index contributed by atoms with van der Waals surface area (Å²) in [6, 6.07) is 6.70. The molecule has 34 heavy (non-hydrogen) atoms. The van der Waals surface area contributed by atoms with Crippen LogP contribution in [0.2, 0.25) is 0 Å². The number of thiophene rings is 1. The highest BCUT2D eigenvalue weighted by atomic mass is 32.1. The molecule has 0 atom stereocenters. The Morgan fingerprint density at radius 1 is 0.912 bits per heavy atom. The van der Waals surface area contributed by atoms with Crippen molar-refractivity contribution in [2.75, 3.05) is 64.0 Å². The maximum atomic E-state index is 5.67. The van der Waals surface area contributed by atoms with Crippen LogP contribution >= 0.6 is 11.3 Å². The molecular weight excluding hydrogens is 446 g/mol. The molecule has 1 aromatic carbocycles. The largest absolute Gasteiger partial charge is 0.493 e. The molecule has 0 saturated carbocycles. The van der Waals surface area contributed by atoms with Crippen molar-refractivity contribution in [3.8, 4) is 5.75 Å². The molecule has 3 aliphatic rings. The van der Waals surface area contributed by atoms with Crippen LogP contribution in [0.25, 0.3) is 10.2 Å². The quantitative estimate of drug-likeness (QED) is 0.556. The van der Waals surface area contributed by atoms with E-state index in [0.717, 1.165) is 101 Å². The highest BCUT2D eigenvalue weighted by Crippen LogP contribution is 2.35. The summed E-state index contributed by atoms with van der Waals surface area (Å²) in [7, 11) is 0. The second kappa shape index (κ2) is 9.41. The van der Waals surface area contributed by atoms with Crippen LogP contribution in [-0.2, 0) is 24.2 Å². The van der Waals surface area contributed by atoms with Gasteiger partial charge in [0.25, 0.3) is 0 Å². The number of aromatic nitrogens is 2. The molecule has 0 N–H and O–H groups in total. The van der Waals surface area contributed by atoms with Crippen LogP contribution in [0.5, 0.6) is 5.75 Å². The Balaban J connectivity index is 1.19. The lowest BCUT2D eigenvalue weighted by atomic mass is 10.1. The first-order valence-electron chi connectivity index (χ1n) is 12.4. The summed E-state index contributed by atoms with van der Waals surface area (Å²) in [4.78, 5) is 20.1. The number of anilines is 1. The fourth-order valence-electron chi connectivity index (χ4n) is 5.24. The molecule has 0 amide bonds. The Hall–Kier alpha value is -2.26. The normalized spacial score (nSPS) is 19.5. The number of hydrogen-bond donors (Lipinski definition) is 0. The van der Waals surface area contributed by atoms with Gasteiger partial charge in [0.2, 0.25) is 0 Å². The summed E-state index contributed by atoms with van der Waals surface area (Å²) >= 11 is 1.80. The molecule has 6 rings (SSSR count). The monoisotopic (exact) mass is 479 g/mol. The first-order valence-corrected chi connectivity index (χ1v) is 13.2. The van der Waals surface area contributed by atoms with Crippen LogP contribution in [0.15, 0.2) is 18.2 Å². The summed E-state index contributed by atoms with van der Waals surface area (Å²) in [5.41, 5.74) is 4.07. The van der Waals surface area contributed by atoms with E-state index >= 15 is 0 Å². The number of benzene rings is 1. The fraction of sp³-hybridized carbons (Fsp3) is 0.538. The zero-order chi connectivity index (χ0) is 23.1. The topological polar surface area (TPSA) is 54.0 Å². The van der Waals surface area contributed by atoms with Crippen molar-refractivity contribution in [1.29, 1.82) is 0 Å². The third-order valence-corrected chi connectivity index (χ3v) is 8.46. The van der Waals surface area contributed by atoms with Gasteiger partial charge in [-0.15, -0.1) is 11.3 Å². The van der Waals surface area contributed by atoms with Crippen LogP contribution in [0.1, 0.15) is 27.4 Å². The smallest absolute Gasteiger partial charge is 0.146 e. The van der Waals surface area contributed by atoms with Gasteiger partial charge in [-0.05, 0) is 36.6 Å². The number of hydrogen-bond acceptors (Lipinski definition) is 8. The van der Waals surface area contributed by atoms with Crippen molar-refractivity contribution in [2.24, 2.45) is 0 Å². The highest BCUT2D eigenvalue weighted by Gasteiger charge is 2.24. The number of morpholine rings is 1. The number of piperazine rings is 1. The van der Waals surface area contributed by atoms with Gasteiger partial charge >= 0.3 is 0 Å². The van der Waals surface area contributed by atoms with Gasteiger partial charge in [-0.2, -0.15) is 0 Å². The lowest BCUT2D eigenvalue weighted by molar-refractivity contribution is 0.0331. The Labute approximate surface area is 205 Å². The van der Waals surface area contributed by atoms with E-state index in [1.54, 1.807) is 11.3 Å². The van der Waals surface area contributed by atoms with Crippen LogP contribution in [0, 0.1) is 13.8 Å². The predicted molar refractivity (Wildman–Crippen MR) is 136 cm³/mol. The summed E-state index contributed by atoms with van der Waals surface area (Å²) in [6.45, 7) is 14.6. The minimum Gasteiger partial charge on any atom is -0.493 e. The third-order valence-electron chi connectivity index (χ3n) is 7.36. The van der Waals surface area contributed by atoms with Gasteiger partial charge in [0.15, 0.2) is 0 Å². The summed E-state index contributed by atoms with van der Waals surface area (Å²) in [5, 5.41) is 1.25. The van der Waals surface area contributed by atoms with Crippen LogP contribution in [0.4, 0.5) is 5.82 Å². The van der Waals surface area contributed by atoms with E-state index in [2.05, 4.69) is 46.7 Å². The SMILES string of the molecule is Cc1sc2nc(CN3CCOCC3)nc(N3CCN(Cc4ccc5c(c4)CCO5)CC3)c2c1C. The number of ether oxygens (including phenoxy) is 2. The van der Waals surface area contributed by atoms with Crippen molar-refractivity contribution in [3.63, 3.8) is 0 Å². The lowest BCUT2D eigenvalue weighted by Crippen LogP contribution is -2.46. The van der Waals surface area contributed by atoms with Gasteiger partial charge in [-0.25, -0.2) is 9.97 Å². The first kappa shape index (κ1) is 22.2. The van der Waals surface area contributed by atoms with Crippen molar-refractivity contribution in [1.82, 2.24) is 19.8 Å². The number of rotatable bonds is 5. The molecule has 7 nitrogen and oxygen atoms in total. The Morgan fingerprint density at radius 2 is 1.71 bits per heavy atom. The molecule has 2 saturated heterocycles. The first-order chi connectivity index (χ1) is 16.6. The van der Waals surface area contributed by atoms with E-state index in [4.69, 9.17) is 19.4 Å². The highest BCUT2D eigenvalue weighted by molar-refractivity contribution is 7.18. The van der Waals surface area contributed by atoms with E-state index < -0.39 is 0 Å². The number of nitrogens with zero attached hydrogens (tertiary/aromatic N) is 5. The average Bonchev–Trinajstić information content (AvgIpc) is 3.43. The lowest BCUT2D eigenvalue weighted by Gasteiger charge is -2.36. The van der Waals surface area contributed by atoms with Crippen molar-refractivity contribution in [2.45, 2.75) is 33.4 Å². The average molecular weight is 480 g/mol. The maximum absolute atomic E-state index is 5.67. The third kappa shape index (κ3) is 4.40. The van der Waals surface area contributed by atoms with Crippen molar-refractivity contribution >= 4 is 27.4 Å². The Bertz CT molecular complexity index is 1180. The fourth-order valence-corrected chi connectivity index (χ4v) is 6.29. The number of fused-ring (bicyclic) bond motifs is 2. The van der Waals surface area contributed by atoms with E-state index in [1.807, 2.05) is 0 Å². The van der Waals surface area contributed by atoms with Gasteiger partial charge in [-0.3, -0.25) is 9.80 Å². The Morgan fingerprint density at radius 3 is 2.53 bits per heavy atom. The van der Waals surface area contributed by atoms with Crippen molar-refractivity contribution < 1.29 is 9.47 Å². The van der Waals surface area contributed by atoms with Crippen LogP contribution in [-0.4, -0.2) is 78.9 Å². The van der Waals surface area contributed by atoms with Gasteiger partial charge < -0.3 is 14.4 Å². The molecule has 0 bridgehead atoms. The maximum Gasteiger partial charge on any atom is 0.146 e. The minimum atomic E-state index is 0.796. The van der Waals surface area contributed by atoms with Gasteiger partial charge in [-0.1, -0.05) is 12.1 Å². The van der Waals surface area contributed by atoms with Gasteiger partial charge in [0, 0.05) is 57.1 Å². The molecular formula is C26H33N5O2S. The van der Waals surface area contributed by atoms with E-state index in [-0.39, 0.29) is 0 Å². The minimum absolute atomic E-state index is 0.796. The Kier molecular flexibility index (Phi) is 6.15. The standard InChI is InChI=1S/C26H33N5O2S/c1-18-19(2)34-26-24(18)25(27-23(28-26)17-30-10-13-32-14-11-30)31-8-6-29(7-9-31)16-20-3-4-22-21(15-20)5-12-33-22/h3-4,15H,5-14,16-17H2,1-2H3. The van der Waals surface area contributed by atoms with Gasteiger partial charge in [0.1, 0.15) is 22.2 Å². The number of aryl methyl sites for hydroxylation is 2. The molecule has 0 spiro atoms. The molecule has 0 radical (unpaired) electrons. The van der Waals surface area contributed by atoms with Crippen LogP contribution in [0.3, 0.4) is 0 Å².